The summed E-state index contributed by atoms with van der Waals surface area (Å²) in [7, 11) is 0. The predicted molar refractivity (Wildman–Crippen MR) is 234 cm³/mol. The molecule has 0 radical (unpaired) electrons. The number of hydrogen-bond acceptors (Lipinski definition) is 11. The van der Waals surface area contributed by atoms with Crippen molar-refractivity contribution in [2.75, 3.05) is 39.3 Å². The van der Waals surface area contributed by atoms with Gasteiger partial charge in [0.1, 0.15) is 24.2 Å². The fraction of sp³-hybridized carbons (Fsp3) is 0.821. The molecule has 20 nitrogen and oxygen atoms in total. The van der Waals surface area contributed by atoms with E-state index in [4.69, 9.17) is 40.1 Å². The predicted octanol–water partition coefficient (Wildman–Crippen LogP) is -0.787. The first-order valence-corrected chi connectivity index (χ1v) is 21.7. The molecule has 0 fully saturated rings. The van der Waals surface area contributed by atoms with E-state index in [1.54, 1.807) is 0 Å². The van der Waals surface area contributed by atoms with Crippen molar-refractivity contribution in [1.29, 1.82) is 0 Å². The summed E-state index contributed by atoms with van der Waals surface area (Å²) in [6, 6.07) is -5.88. The third kappa shape index (κ3) is 28.7. The lowest BCUT2D eigenvalue weighted by Gasteiger charge is -2.26. The van der Waals surface area contributed by atoms with Gasteiger partial charge in [0.05, 0.1) is 6.04 Å². The number of aliphatic carboxylic acids is 1. The highest BCUT2D eigenvalue weighted by atomic mass is 16.4. The molecule has 0 aromatic heterocycles. The fourth-order valence-electron chi connectivity index (χ4n) is 6.32. The van der Waals surface area contributed by atoms with Crippen LogP contribution in [0.15, 0.2) is 9.98 Å². The van der Waals surface area contributed by atoms with Crippen molar-refractivity contribution >= 4 is 41.5 Å². The zero-order valence-electron chi connectivity index (χ0n) is 35.7. The molecule has 342 valence electrons. The number of guanidine groups is 2. The molecule has 0 saturated heterocycles. The molecule has 5 atom stereocenters. The number of aliphatic imine (C=N–C) groups is 2. The minimum absolute atomic E-state index is 0.0541. The number of nitrogens with two attached hydrogens (primary N) is 7. The van der Waals surface area contributed by atoms with E-state index in [9.17, 15) is 29.1 Å². The van der Waals surface area contributed by atoms with Crippen molar-refractivity contribution < 1.29 is 29.1 Å². The minimum Gasteiger partial charge on any atom is -0.480 e. The van der Waals surface area contributed by atoms with Crippen LogP contribution < -0.4 is 66.7 Å². The molecule has 0 aliphatic rings. The SMILES string of the molecule is CCCCCCCCCCCCCCCCCCN[C@@H](CCCN=C(N)N)C(=O)N[C@@H](CCCN=C(N)N)C(=O)NC(CN)C(=O)NC(CN)C(=O)NC(CN)C(=O)O. The van der Waals surface area contributed by atoms with E-state index in [1.807, 2.05) is 0 Å². The summed E-state index contributed by atoms with van der Waals surface area (Å²) in [5.41, 5.74) is 38.8. The van der Waals surface area contributed by atoms with Gasteiger partial charge in [-0.05, 0) is 38.6 Å². The molecular weight excluding hydrogens is 761 g/mol. The molecule has 0 bridgehead atoms. The lowest BCUT2D eigenvalue weighted by Crippen LogP contribution is -2.61. The lowest BCUT2D eigenvalue weighted by atomic mass is 10.0. The third-order valence-electron chi connectivity index (χ3n) is 9.85. The summed E-state index contributed by atoms with van der Waals surface area (Å²) in [4.78, 5) is 72.4. The van der Waals surface area contributed by atoms with Gasteiger partial charge in [-0.3, -0.25) is 29.2 Å². The Morgan fingerprint density at radius 2 is 0.780 bits per heavy atom. The minimum atomic E-state index is -1.40. The molecule has 0 aromatic carbocycles. The topological polar surface area (TPSA) is 373 Å². The van der Waals surface area contributed by atoms with Crippen LogP contribution in [0.4, 0.5) is 0 Å². The Labute approximate surface area is 351 Å². The van der Waals surface area contributed by atoms with Crippen LogP contribution in [-0.2, 0) is 24.0 Å². The van der Waals surface area contributed by atoms with Crippen LogP contribution in [0.2, 0.25) is 0 Å². The van der Waals surface area contributed by atoms with Crippen LogP contribution in [0.25, 0.3) is 0 Å². The van der Waals surface area contributed by atoms with Crippen molar-refractivity contribution in [2.24, 2.45) is 50.1 Å². The van der Waals surface area contributed by atoms with E-state index < -0.39 is 66.4 Å². The van der Waals surface area contributed by atoms with Gasteiger partial charge in [-0.15, -0.1) is 0 Å². The first kappa shape index (κ1) is 54.7. The highest BCUT2D eigenvalue weighted by Crippen LogP contribution is 2.14. The summed E-state index contributed by atoms with van der Waals surface area (Å²) in [6.45, 7) is 2.17. The van der Waals surface area contributed by atoms with E-state index in [0.717, 1.165) is 19.3 Å². The van der Waals surface area contributed by atoms with Gasteiger partial charge in [-0.1, -0.05) is 103 Å². The lowest BCUT2D eigenvalue weighted by molar-refractivity contribution is -0.142. The number of nitrogens with zero attached hydrogens (tertiary/aromatic N) is 2. The normalized spacial score (nSPS) is 13.6. The Bertz CT molecular complexity index is 1230. The maximum Gasteiger partial charge on any atom is 0.327 e. The Hall–Kier alpha value is -4.27. The molecule has 0 aromatic rings. The molecular formula is C39H80N14O6. The number of unbranched alkanes of at least 4 members (excludes halogenated alkanes) is 15. The maximum absolute atomic E-state index is 13.7. The fourth-order valence-corrected chi connectivity index (χ4v) is 6.32. The van der Waals surface area contributed by atoms with Gasteiger partial charge in [0, 0.05) is 32.7 Å². The molecule has 0 aliphatic heterocycles. The summed E-state index contributed by atoms with van der Waals surface area (Å²) >= 11 is 0. The molecule has 0 aliphatic carbocycles. The number of carboxylic acid groups (broad SMARTS) is 1. The highest BCUT2D eigenvalue weighted by Gasteiger charge is 2.31. The monoisotopic (exact) mass is 841 g/mol. The standard InChI is InChI=1S/C39H80N14O6/c1-2-3-4-5-6-7-8-9-10-11-12-13-14-15-16-17-22-47-28(20-18-23-48-38(43)44)33(54)50-29(21-19-24-49-39(45)46)34(55)51-30(25-40)35(56)52-31(26-41)36(57)53-32(27-42)37(58)59/h28-32,47H,2-27,40-42H2,1H3,(H,50,54)(H,51,55)(H,52,56)(H,53,57)(H,58,59)(H4,43,44,48)(H4,45,46,49)/t28-,29-,30?,31?,32?/m0/s1. The van der Waals surface area contributed by atoms with E-state index in [1.165, 1.54) is 83.5 Å². The second kappa shape index (κ2) is 35.7. The van der Waals surface area contributed by atoms with Gasteiger partial charge in [0.2, 0.25) is 23.6 Å². The average molecular weight is 841 g/mol. The third-order valence-corrected chi connectivity index (χ3v) is 9.85. The van der Waals surface area contributed by atoms with E-state index >= 15 is 0 Å². The Kier molecular flexibility index (Phi) is 33.1. The number of nitrogens with one attached hydrogen (secondary N) is 5. The first-order chi connectivity index (χ1) is 28.3. The van der Waals surface area contributed by atoms with Crippen LogP contribution in [0.5, 0.6) is 0 Å². The number of carboxylic acids is 1. The molecule has 0 saturated carbocycles. The van der Waals surface area contributed by atoms with Crippen molar-refractivity contribution in [3.8, 4) is 0 Å². The average Bonchev–Trinajstić information content (AvgIpc) is 3.20. The highest BCUT2D eigenvalue weighted by molar-refractivity contribution is 5.95. The molecule has 20 heteroatoms. The van der Waals surface area contributed by atoms with Crippen LogP contribution in [0.1, 0.15) is 135 Å². The molecule has 0 spiro atoms. The van der Waals surface area contributed by atoms with Gasteiger partial charge in [-0.2, -0.15) is 0 Å². The quantitative estimate of drug-likeness (QED) is 0.0206. The van der Waals surface area contributed by atoms with Gasteiger partial charge < -0.3 is 71.8 Å². The van der Waals surface area contributed by atoms with Crippen LogP contribution in [0, 0.1) is 0 Å². The second-order valence-corrected chi connectivity index (χ2v) is 15.0. The summed E-state index contributed by atoms with van der Waals surface area (Å²) in [5.74, 6) is -4.44. The van der Waals surface area contributed by atoms with E-state index in [-0.39, 0.29) is 38.0 Å². The maximum atomic E-state index is 13.7. The smallest absolute Gasteiger partial charge is 0.327 e. The number of carbonyl (C=O) groups is 5. The second-order valence-electron chi connectivity index (χ2n) is 15.0. The zero-order valence-corrected chi connectivity index (χ0v) is 35.7. The number of hydrogen-bond donors (Lipinski definition) is 13. The van der Waals surface area contributed by atoms with E-state index in [2.05, 4.69) is 43.5 Å². The molecule has 4 amide bonds. The Morgan fingerprint density at radius 1 is 0.458 bits per heavy atom. The molecule has 0 heterocycles. The largest absolute Gasteiger partial charge is 0.480 e. The van der Waals surface area contributed by atoms with Crippen molar-refractivity contribution in [3.63, 3.8) is 0 Å². The van der Waals surface area contributed by atoms with E-state index in [0.29, 0.717) is 32.4 Å². The van der Waals surface area contributed by atoms with Crippen molar-refractivity contribution in [3.05, 3.63) is 0 Å². The van der Waals surface area contributed by atoms with Crippen molar-refractivity contribution in [1.82, 2.24) is 26.6 Å². The molecule has 20 N–H and O–H groups in total. The van der Waals surface area contributed by atoms with Gasteiger partial charge in [0.25, 0.3) is 0 Å². The van der Waals surface area contributed by atoms with Gasteiger partial charge >= 0.3 is 5.97 Å². The van der Waals surface area contributed by atoms with Crippen LogP contribution >= 0.6 is 0 Å². The molecule has 3 unspecified atom stereocenters. The number of rotatable bonds is 38. The summed E-state index contributed by atoms with van der Waals surface area (Å²) in [5, 5.41) is 22.5. The first-order valence-electron chi connectivity index (χ1n) is 21.7. The van der Waals surface area contributed by atoms with Crippen molar-refractivity contribution in [2.45, 2.75) is 166 Å². The summed E-state index contributed by atoms with van der Waals surface area (Å²) < 4.78 is 0. The number of carbonyl (C=O) groups excluding carboxylic acids is 4. The van der Waals surface area contributed by atoms with Gasteiger partial charge in [-0.25, -0.2) is 4.79 Å². The van der Waals surface area contributed by atoms with Gasteiger partial charge in [0.15, 0.2) is 11.9 Å². The van der Waals surface area contributed by atoms with Crippen LogP contribution in [-0.4, -0.2) is 116 Å². The Balaban J connectivity index is 5.32. The summed E-state index contributed by atoms with van der Waals surface area (Å²) in [6.07, 6.45) is 21.4. The molecule has 59 heavy (non-hydrogen) atoms. The number of amides is 4. The zero-order chi connectivity index (χ0) is 44.3. The Morgan fingerprint density at radius 3 is 1.15 bits per heavy atom. The molecule has 0 rings (SSSR count). The van der Waals surface area contributed by atoms with Crippen LogP contribution in [0.3, 0.4) is 0 Å².